The van der Waals surface area contributed by atoms with E-state index in [1.54, 1.807) is 19.1 Å². The third kappa shape index (κ3) is 6.47. The second kappa shape index (κ2) is 13.2. The van der Waals surface area contributed by atoms with Crippen LogP contribution in [0.3, 0.4) is 0 Å². The lowest BCUT2D eigenvalue weighted by atomic mass is 9.83. The van der Waals surface area contributed by atoms with Crippen LogP contribution in [0.2, 0.25) is 0 Å². The number of amides is 3. The highest BCUT2D eigenvalue weighted by Gasteiger charge is 2.57. The van der Waals surface area contributed by atoms with Gasteiger partial charge in [0.15, 0.2) is 0 Å². The topological polar surface area (TPSA) is 118 Å². The summed E-state index contributed by atoms with van der Waals surface area (Å²) < 4.78 is 47.0. The zero-order chi connectivity index (χ0) is 35.2. The van der Waals surface area contributed by atoms with Crippen molar-refractivity contribution in [1.29, 1.82) is 0 Å². The highest BCUT2D eigenvalue weighted by Crippen LogP contribution is 2.54. The fourth-order valence-corrected chi connectivity index (χ4v) is 8.69. The van der Waals surface area contributed by atoms with Gasteiger partial charge < -0.3 is 15.0 Å². The highest BCUT2D eigenvalue weighted by atomic mass is 32.2. The molecule has 3 heterocycles. The number of hydrogen-bond acceptors (Lipinski definition) is 9. The number of benzene rings is 3. The molecule has 0 radical (unpaired) electrons. The molecule has 1 N–H and O–H groups in total. The van der Waals surface area contributed by atoms with Crippen LogP contribution in [0.4, 0.5) is 30.2 Å². The quantitative estimate of drug-likeness (QED) is 0.186. The number of anilines is 3. The summed E-state index contributed by atoms with van der Waals surface area (Å²) >= 11 is 1.82. The second-order valence-electron chi connectivity index (χ2n) is 11.6. The van der Waals surface area contributed by atoms with Crippen LogP contribution in [-0.4, -0.2) is 54.2 Å². The van der Waals surface area contributed by atoms with E-state index in [-0.39, 0.29) is 12.3 Å². The maximum atomic E-state index is 14.1. The first-order valence-corrected chi connectivity index (χ1v) is 16.8. The van der Waals surface area contributed by atoms with Gasteiger partial charge in [-0.15, -0.1) is 0 Å². The summed E-state index contributed by atoms with van der Waals surface area (Å²) in [6, 6.07) is 17.3. The summed E-state index contributed by atoms with van der Waals surface area (Å²) in [5, 5.41) is 1.95. The number of thioether (sulfide) groups is 1. The second-order valence-corrected chi connectivity index (χ2v) is 13.7. The monoisotopic (exact) mass is 710 g/mol. The molecule has 0 spiro atoms. The van der Waals surface area contributed by atoms with Crippen LogP contribution in [0.1, 0.15) is 39.2 Å². The lowest BCUT2D eigenvalue weighted by molar-refractivity contribution is -0.137. The summed E-state index contributed by atoms with van der Waals surface area (Å²) in [5.74, 6) is -4.27. The lowest BCUT2D eigenvalue weighted by Gasteiger charge is -2.31. The number of esters is 1. The number of alkyl halides is 3. The van der Waals surface area contributed by atoms with E-state index < -0.39 is 63.9 Å². The van der Waals surface area contributed by atoms with E-state index in [4.69, 9.17) is 4.74 Å². The van der Waals surface area contributed by atoms with E-state index in [1.165, 1.54) is 34.9 Å². The Morgan fingerprint density at radius 1 is 0.959 bits per heavy atom. The van der Waals surface area contributed by atoms with Crippen LogP contribution < -0.4 is 20.0 Å². The van der Waals surface area contributed by atoms with E-state index in [1.807, 2.05) is 31.1 Å². The predicted octanol–water partition coefficient (Wildman–Crippen LogP) is 5.61. The SMILES string of the molecule is CCOC(=O)c1ccc(NC(=O)Cn2c3c(sc2=O)[C@H](c2ccc(N(C)C)cc2)C2C(=O)N(c4cccc(C(F)(F)F)c4)C(=O)C2S3)cc1. The maximum Gasteiger partial charge on any atom is 0.416 e. The Balaban J connectivity index is 1.36. The molecular weight excluding hydrogens is 682 g/mol. The van der Waals surface area contributed by atoms with Crippen LogP contribution >= 0.6 is 23.1 Å². The largest absolute Gasteiger partial charge is 0.462 e. The minimum absolute atomic E-state index is 0.198. The molecule has 0 saturated carbocycles. The summed E-state index contributed by atoms with van der Waals surface area (Å²) in [4.78, 5) is 69.3. The number of nitrogens with one attached hydrogen (secondary N) is 1. The van der Waals surface area contributed by atoms with Crippen molar-refractivity contribution in [2.45, 2.75) is 35.8 Å². The normalized spacial score (nSPS) is 18.6. The van der Waals surface area contributed by atoms with Crippen LogP contribution in [0.5, 0.6) is 0 Å². The van der Waals surface area contributed by atoms with Gasteiger partial charge in [-0.25, -0.2) is 9.69 Å². The summed E-state index contributed by atoms with van der Waals surface area (Å²) in [6.45, 7) is 1.48. The first-order valence-electron chi connectivity index (χ1n) is 15.1. The van der Waals surface area contributed by atoms with Crippen molar-refractivity contribution in [2.24, 2.45) is 5.92 Å². The van der Waals surface area contributed by atoms with Gasteiger partial charge in [-0.05, 0) is 67.1 Å². The zero-order valence-electron chi connectivity index (χ0n) is 26.3. The van der Waals surface area contributed by atoms with Crippen LogP contribution in [0, 0.1) is 5.92 Å². The van der Waals surface area contributed by atoms with Gasteiger partial charge in [0.25, 0.3) is 0 Å². The van der Waals surface area contributed by atoms with Gasteiger partial charge in [0.05, 0.1) is 34.4 Å². The van der Waals surface area contributed by atoms with Crippen molar-refractivity contribution >= 4 is 63.9 Å². The molecule has 2 aliphatic rings. The average Bonchev–Trinajstić information content (AvgIpc) is 3.51. The number of aromatic nitrogens is 1. The minimum atomic E-state index is -4.69. The number of ether oxygens (including phenoxy) is 1. The number of imide groups is 1. The molecule has 1 fully saturated rings. The molecular formula is C34H29F3N4O6S2. The van der Waals surface area contributed by atoms with Crippen LogP contribution in [0.25, 0.3) is 0 Å². The van der Waals surface area contributed by atoms with E-state index in [9.17, 15) is 37.1 Å². The van der Waals surface area contributed by atoms with Crippen molar-refractivity contribution in [3.8, 4) is 0 Å². The lowest BCUT2D eigenvalue weighted by Crippen LogP contribution is -2.33. The van der Waals surface area contributed by atoms with Crippen LogP contribution in [-0.2, 0) is 31.8 Å². The Hall–Kier alpha value is -4.89. The molecule has 3 aromatic carbocycles. The number of fused-ring (bicyclic) bond motifs is 2. The van der Waals surface area contributed by atoms with Crippen molar-refractivity contribution in [1.82, 2.24) is 4.57 Å². The number of hydrogen-bond donors (Lipinski definition) is 1. The predicted molar refractivity (Wildman–Crippen MR) is 179 cm³/mol. The standard InChI is InChI=1S/C34H29F3N4O6S2/c1-4-47-32(45)19-8-12-21(13-9-19)38-24(42)17-40-31-28(49-33(40)46)25(18-10-14-22(15-11-18)39(2)3)26-27(48-31)30(44)41(29(26)43)23-7-5-6-20(16-23)34(35,36)37/h5-16,25-27H,4,17H2,1-3H3,(H,38,42)/t25-,26?,27?/m1/s1. The Morgan fingerprint density at radius 3 is 2.29 bits per heavy atom. The molecule has 1 aromatic heterocycles. The molecule has 1 saturated heterocycles. The molecule has 15 heteroatoms. The molecule has 0 bridgehead atoms. The first kappa shape index (κ1) is 34.0. The van der Waals surface area contributed by atoms with Crippen molar-refractivity contribution in [3.63, 3.8) is 0 Å². The Bertz CT molecular complexity index is 2010. The summed E-state index contributed by atoms with van der Waals surface area (Å²) in [7, 11) is 3.72. The highest BCUT2D eigenvalue weighted by molar-refractivity contribution is 8.00. The smallest absolute Gasteiger partial charge is 0.416 e. The molecule has 10 nitrogen and oxygen atoms in total. The van der Waals surface area contributed by atoms with E-state index in [0.29, 0.717) is 26.7 Å². The van der Waals surface area contributed by atoms with Gasteiger partial charge in [0, 0.05) is 36.3 Å². The van der Waals surface area contributed by atoms with Crippen molar-refractivity contribution in [3.05, 3.63) is 104 Å². The minimum Gasteiger partial charge on any atom is -0.462 e. The van der Waals surface area contributed by atoms with Crippen molar-refractivity contribution < 1.29 is 37.1 Å². The summed E-state index contributed by atoms with van der Waals surface area (Å²) in [6.07, 6.45) is -4.69. The number of halogens is 3. The number of carbonyl (C=O) groups excluding carboxylic acids is 4. The molecule has 4 aromatic rings. The zero-order valence-corrected chi connectivity index (χ0v) is 27.9. The maximum absolute atomic E-state index is 14.1. The summed E-state index contributed by atoms with van der Waals surface area (Å²) in [5.41, 5.74) is 0.967. The number of carbonyl (C=O) groups is 4. The molecule has 254 valence electrons. The third-order valence-electron chi connectivity index (χ3n) is 8.23. The Kier molecular flexibility index (Phi) is 9.15. The van der Waals surface area contributed by atoms with Gasteiger partial charge in [0.2, 0.25) is 17.7 Å². The van der Waals surface area contributed by atoms with Gasteiger partial charge >= 0.3 is 17.0 Å². The van der Waals surface area contributed by atoms with Crippen LogP contribution in [0.15, 0.2) is 82.6 Å². The number of thiazole rings is 1. The molecule has 2 unspecified atom stereocenters. The molecule has 3 atom stereocenters. The number of rotatable bonds is 8. The van der Waals surface area contributed by atoms with Gasteiger partial charge in [-0.3, -0.25) is 23.7 Å². The Labute approximate surface area is 286 Å². The van der Waals surface area contributed by atoms with E-state index in [0.717, 1.165) is 51.9 Å². The molecule has 49 heavy (non-hydrogen) atoms. The fraction of sp³-hybridized carbons (Fsp3) is 0.265. The van der Waals surface area contributed by atoms with Gasteiger partial charge in [-0.2, -0.15) is 13.2 Å². The Morgan fingerprint density at radius 2 is 1.65 bits per heavy atom. The van der Waals surface area contributed by atoms with E-state index in [2.05, 4.69) is 5.32 Å². The first-order chi connectivity index (χ1) is 23.3. The number of nitrogens with zero attached hydrogens (tertiary/aromatic N) is 3. The molecule has 0 aliphatic carbocycles. The third-order valence-corrected chi connectivity index (χ3v) is 10.8. The van der Waals surface area contributed by atoms with E-state index >= 15 is 0 Å². The van der Waals surface area contributed by atoms with Gasteiger partial charge in [-0.1, -0.05) is 41.3 Å². The van der Waals surface area contributed by atoms with Gasteiger partial charge in [0.1, 0.15) is 11.8 Å². The molecule has 6 rings (SSSR count). The molecule has 3 amide bonds. The average molecular weight is 711 g/mol. The fourth-order valence-electron chi connectivity index (χ4n) is 5.92. The van der Waals surface area contributed by atoms with Crippen molar-refractivity contribution in [2.75, 3.05) is 35.8 Å². The molecule has 2 aliphatic heterocycles.